The number of hydrogen-bond donors (Lipinski definition) is 2. The van der Waals surface area contributed by atoms with E-state index in [0.717, 1.165) is 24.2 Å². The van der Waals surface area contributed by atoms with Crippen LogP contribution >= 0.6 is 11.6 Å². The number of hydrogen-bond acceptors (Lipinski definition) is 5. The molecule has 0 spiro atoms. The Morgan fingerprint density at radius 3 is 2.41 bits per heavy atom. The number of benzene rings is 2. The van der Waals surface area contributed by atoms with Crippen LogP contribution in [-0.4, -0.2) is 73.6 Å². The van der Waals surface area contributed by atoms with Crippen molar-refractivity contribution in [3.8, 4) is 0 Å². The fourth-order valence-electron chi connectivity index (χ4n) is 4.78. The molecule has 2 aliphatic rings. The number of nitrogens with two attached hydrogens (primary N) is 1. The lowest BCUT2D eigenvalue weighted by Crippen LogP contribution is -2.47. The second-order valence-electron chi connectivity index (χ2n) is 9.54. The van der Waals surface area contributed by atoms with Gasteiger partial charge < -0.3 is 16.0 Å². The van der Waals surface area contributed by atoms with Crippen LogP contribution in [0.15, 0.2) is 36.4 Å². The molecule has 37 heavy (non-hydrogen) atoms. The van der Waals surface area contributed by atoms with Crippen molar-refractivity contribution in [3.05, 3.63) is 58.1 Å². The summed E-state index contributed by atoms with van der Waals surface area (Å²) in [6.07, 6.45) is -3.85. The van der Waals surface area contributed by atoms with E-state index < -0.39 is 12.6 Å². The van der Waals surface area contributed by atoms with Crippen molar-refractivity contribution in [2.45, 2.75) is 32.0 Å². The molecule has 4 rings (SSSR count). The van der Waals surface area contributed by atoms with Crippen LogP contribution in [0.5, 0.6) is 0 Å². The molecule has 0 aliphatic carbocycles. The van der Waals surface area contributed by atoms with Crippen LogP contribution in [0.3, 0.4) is 0 Å². The van der Waals surface area contributed by atoms with Gasteiger partial charge in [-0.1, -0.05) is 17.7 Å². The summed E-state index contributed by atoms with van der Waals surface area (Å²) in [5, 5.41) is 3.50. The van der Waals surface area contributed by atoms with Crippen LogP contribution in [0.4, 0.5) is 24.5 Å². The summed E-state index contributed by atoms with van der Waals surface area (Å²) in [5.74, 6) is -0.593. The zero-order chi connectivity index (χ0) is 26.6. The molecule has 0 bridgehead atoms. The smallest absolute Gasteiger partial charge is 0.370 e. The minimum absolute atomic E-state index is 0.0191. The Kier molecular flexibility index (Phi) is 8.61. The lowest BCUT2D eigenvalue weighted by Gasteiger charge is -2.37. The second kappa shape index (κ2) is 11.7. The van der Waals surface area contributed by atoms with E-state index in [0.29, 0.717) is 62.0 Å². The molecular formula is C26H31ClF3N5O2. The van der Waals surface area contributed by atoms with Gasteiger partial charge in [-0.15, -0.1) is 0 Å². The minimum atomic E-state index is -4.17. The molecule has 0 unspecified atom stereocenters. The molecule has 1 saturated heterocycles. The highest BCUT2D eigenvalue weighted by Crippen LogP contribution is 2.31. The number of fused-ring (bicyclic) bond motifs is 1. The SMILES string of the molecule is NC(=O)CCN1CCc2ccc(C(=O)Nc3ccc(Cl)cc3N3CCN(CCC(F)(F)F)CC3)cc2C1. The van der Waals surface area contributed by atoms with Crippen LogP contribution in [0.1, 0.15) is 34.3 Å². The van der Waals surface area contributed by atoms with Crippen molar-refractivity contribution in [1.29, 1.82) is 0 Å². The summed E-state index contributed by atoms with van der Waals surface area (Å²) in [6, 6.07) is 10.9. The Balaban J connectivity index is 1.42. The molecule has 1 fully saturated rings. The van der Waals surface area contributed by atoms with Gasteiger partial charge in [0.2, 0.25) is 5.91 Å². The first-order valence-corrected chi connectivity index (χ1v) is 12.7. The topological polar surface area (TPSA) is 81.9 Å². The quantitative estimate of drug-likeness (QED) is 0.534. The van der Waals surface area contributed by atoms with Crippen molar-refractivity contribution >= 4 is 34.8 Å². The monoisotopic (exact) mass is 537 g/mol. The van der Waals surface area contributed by atoms with Gasteiger partial charge in [-0.2, -0.15) is 13.2 Å². The minimum Gasteiger partial charge on any atom is -0.370 e. The van der Waals surface area contributed by atoms with E-state index in [1.807, 2.05) is 23.1 Å². The molecular weight excluding hydrogens is 507 g/mol. The average Bonchev–Trinajstić information content (AvgIpc) is 2.86. The van der Waals surface area contributed by atoms with Gasteiger partial charge in [-0.25, -0.2) is 0 Å². The molecule has 0 saturated carbocycles. The van der Waals surface area contributed by atoms with E-state index in [1.165, 1.54) is 5.56 Å². The van der Waals surface area contributed by atoms with Gasteiger partial charge in [0, 0.05) is 69.4 Å². The lowest BCUT2D eigenvalue weighted by atomic mass is 9.97. The maximum absolute atomic E-state index is 13.2. The van der Waals surface area contributed by atoms with Gasteiger partial charge in [0.25, 0.3) is 5.91 Å². The first-order valence-electron chi connectivity index (χ1n) is 12.3. The number of halogens is 4. The fraction of sp³-hybridized carbons (Fsp3) is 0.462. The van der Waals surface area contributed by atoms with Crippen molar-refractivity contribution in [1.82, 2.24) is 9.80 Å². The molecule has 0 aromatic heterocycles. The van der Waals surface area contributed by atoms with Gasteiger partial charge in [0.05, 0.1) is 17.8 Å². The average molecular weight is 538 g/mol. The van der Waals surface area contributed by atoms with E-state index in [9.17, 15) is 22.8 Å². The third kappa shape index (κ3) is 7.59. The van der Waals surface area contributed by atoms with E-state index in [-0.39, 0.29) is 18.4 Å². The number of alkyl halides is 3. The highest BCUT2D eigenvalue weighted by atomic mass is 35.5. The van der Waals surface area contributed by atoms with E-state index in [1.54, 1.807) is 23.1 Å². The molecule has 2 aromatic carbocycles. The van der Waals surface area contributed by atoms with Gasteiger partial charge in [0.15, 0.2) is 0 Å². The number of primary amides is 1. The van der Waals surface area contributed by atoms with Crippen molar-refractivity contribution < 1.29 is 22.8 Å². The normalized spacial score (nSPS) is 16.9. The number of nitrogens with zero attached hydrogens (tertiary/aromatic N) is 3. The van der Waals surface area contributed by atoms with Gasteiger partial charge in [-0.3, -0.25) is 19.4 Å². The van der Waals surface area contributed by atoms with Crippen molar-refractivity contribution in [2.75, 3.05) is 56.0 Å². The summed E-state index contributed by atoms with van der Waals surface area (Å²) >= 11 is 6.25. The first-order chi connectivity index (χ1) is 17.6. The Labute approximate surface area is 219 Å². The number of nitrogens with one attached hydrogen (secondary N) is 1. The molecule has 11 heteroatoms. The third-order valence-corrected chi connectivity index (χ3v) is 7.10. The van der Waals surface area contributed by atoms with Crippen LogP contribution in [0, 0.1) is 0 Å². The number of carbonyl (C=O) groups is 2. The summed E-state index contributed by atoms with van der Waals surface area (Å²) in [6.45, 7) is 4.09. The Bertz CT molecular complexity index is 1140. The number of carbonyl (C=O) groups excluding carboxylic acids is 2. The molecule has 0 radical (unpaired) electrons. The van der Waals surface area contributed by atoms with Crippen molar-refractivity contribution in [2.24, 2.45) is 5.73 Å². The van der Waals surface area contributed by atoms with E-state index in [2.05, 4.69) is 10.2 Å². The number of piperazine rings is 1. The van der Waals surface area contributed by atoms with Crippen LogP contribution in [0.25, 0.3) is 0 Å². The maximum atomic E-state index is 13.2. The summed E-state index contributed by atoms with van der Waals surface area (Å²) < 4.78 is 37.7. The molecule has 2 heterocycles. The summed E-state index contributed by atoms with van der Waals surface area (Å²) in [4.78, 5) is 30.3. The van der Waals surface area contributed by atoms with Crippen molar-refractivity contribution in [3.63, 3.8) is 0 Å². The maximum Gasteiger partial charge on any atom is 0.390 e. The summed E-state index contributed by atoms with van der Waals surface area (Å²) in [5.41, 5.74) is 9.37. The van der Waals surface area contributed by atoms with Crippen LogP contribution in [-0.2, 0) is 17.8 Å². The van der Waals surface area contributed by atoms with E-state index >= 15 is 0 Å². The molecule has 2 aliphatic heterocycles. The first kappa shape index (κ1) is 27.2. The molecule has 2 aromatic rings. The number of anilines is 2. The second-order valence-corrected chi connectivity index (χ2v) is 9.97. The molecule has 3 N–H and O–H groups in total. The van der Waals surface area contributed by atoms with Crippen LogP contribution < -0.4 is 16.0 Å². The van der Waals surface area contributed by atoms with Gasteiger partial charge in [0.1, 0.15) is 0 Å². The van der Waals surface area contributed by atoms with Gasteiger partial charge in [-0.05, 0) is 47.9 Å². The van der Waals surface area contributed by atoms with Gasteiger partial charge >= 0.3 is 6.18 Å². The molecule has 200 valence electrons. The fourth-order valence-corrected chi connectivity index (χ4v) is 4.95. The highest BCUT2D eigenvalue weighted by molar-refractivity contribution is 6.31. The lowest BCUT2D eigenvalue weighted by molar-refractivity contribution is -0.138. The zero-order valence-corrected chi connectivity index (χ0v) is 21.2. The molecule has 2 amide bonds. The predicted molar refractivity (Wildman–Crippen MR) is 138 cm³/mol. The number of amides is 2. The molecule has 7 nitrogen and oxygen atoms in total. The predicted octanol–water partition coefficient (Wildman–Crippen LogP) is 3.90. The number of rotatable bonds is 8. The third-order valence-electron chi connectivity index (χ3n) is 6.87. The zero-order valence-electron chi connectivity index (χ0n) is 20.5. The largest absolute Gasteiger partial charge is 0.390 e. The molecule has 0 atom stereocenters. The Morgan fingerprint density at radius 2 is 1.70 bits per heavy atom. The standard InChI is InChI=1S/C26H31ClF3N5O2/c27-21-3-4-22(23(16-21)35-13-11-33(12-14-35)10-7-26(28,29)30)32-25(37)19-2-1-18-5-8-34(9-6-24(31)36)17-20(18)15-19/h1-4,15-16H,5-14,17H2,(H2,31,36)(H,32,37). The van der Waals surface area contributed by atoms with E-state index in [4.69, 9.17) is 17.3 Å². The Morgan fingerprint density at radius 1 is 0.946 bits per heavy atom. The summed E-state index contributed by atoms with van der Waals surface area (Å²) in [7, 11) is 0. The Hall–Kier alpha value is -2.82. The van der Waals surface area contributed by atoms with Crippen LogP contribution in [0.2, 0.25) is 5.02 Å². The highest BCUT2D eigenvalue weighted by Gasteiger charge is 2.29.